The van der Waals surface area contributed by atoms with E-state index in [9.17, 15) is 18.8 Å². The van der Waals surface area contributed by atoms with Crippen molar-refractivity contribution in [2.75, 3.05) is 25.1 Å². The zero-order chi connectivity index (χ0) is 26.1. The lowest BCUT2D eigenvalue weighted by atomic mass is 9.97. The molecule has 1 aliphatic heterocycles. The number of benzene rings is 2. The predicted molar refractivity (Wildman–Crippen MR) is 135 cm³/mol. The van der Waals surface area contributed by atoms with Crippen LogP contribution in [0, 0.1) is 5.82 Å². The Hall–Kier alpha value is -3.04. The molecule has 0 spiro atoms. The van der Waals surface area contributed by atoms with Gasteiger partial charge in [0.1, 0.15) is 17.6 Å². The van der Waals surface area contributed by atoms with Gasteiger partial charge in [0.05, 0.1) is 11.6 Å². The van der Waals surface area contributed by atoms with Crippen LogP contribution < -0.4 is 15.4 Å². The summed E-state index contributed by atoms with van der Waals surface area (Å²) in [7, 11) is 0. The summed E-state index contributed by atoms with van der Waals surface area (Å²) in [6.07, 6.45) is 1.70. The standard InChI is InChI=1S/C25H28Cl2FN3O5/c1-2-3-12-35-25(34)31-14-18(29-23(32)15-36-19-9-10-20(27)21(28)13-19)8-11-22(31)24(33)30-17-6-4-16(26)5-7-17/h4-7,9-10,13,18,22H,2-3,8,11-12,14-15H2,1H3,(H,29,32)(H,30,33)/t18-,22+/m0/s1. The van der Waals surface area contributed by atoms with Crippen LogP contribution >= 0.6 is 23.2 Å². The normalized spacial score (nSPS) is 17.3. The largest absolute Gasteiger partial charge is 0.484 e. The number of amides is 3. The van der Waals surface area contributed by atoms with Crippen LogP contribution in [0.4, 0.5) is 14.9 Å². The van der Waals surface area contributed by atoms with E-state index in [2.05, 4.69) is 10.6 Å². The molecule has 0 unspecified atom stereocenters. The number of piperidine rings is 1. The van der Waals surface area contributed by atoms with Gasteiger partial charge < -0.3 is 20.1 Å². The summed E-state index contributed by atoms with van der Waals surface area (Å²) < 4.78 is 24.2. The number of unbranched alkanes of at least 4 members (excludes halogenated alkanes) is 1. The van der Waals surface area contributed by atoms with Crippen LogP contribution in [0.3, 0.4) is 0 Å². The molecule has 0 saturated carbocycles. The molecule has 11 heteroatoms. The Balaban J connectivity index is 1.60. The Morgan fingerprint density at radius 2 is 1.86 bits per heavy atom. The molecule has 3 rings (SSSR count). The highest BCUT2D eigenvalue weighted by Crippen LogP contribution is 2.23. The lowest BCUT2D eigenvalue weighted by molar-refractivity contribution is -0.125. The highest BCUT2D eigenvalue weighted by molar-refractivity contribution is 6.31. The van der Waals surface area contributed by atoms with Crippen LogP contribution in [-0.4, -0.2) is 54.6 Å². The molecule has 2 atom stereocenters. The molecule has 1 heterocycles. The highest BCUT2D eigenvalue weighted by atomic mass is 35.5. The van der Waals surface area contributed by atoms with Gasteiger partial charge in [-0.15, -0.1) is 0 Å². The van der Waals surface area contributed by atoms with E-state index in [1.807, 2.05) is 6.92 Å². The Morgan fingerprint density at radius 1 is 1.11 bits per heavy atom. The Kier molecular flexibility index (Phi) is 10.2. The molecule has 1 saturated heterocycles. The first-order valence-electron chi connectivity index (χ1n) is 11.6. The number of nitrogens with one attached hydrogen (secondary N) is 2. The molecule has 194 valence electrons. The van der Waals surface area contributed by atoms with Crippen molar-refractivity contribution in [3.05, 3.63) is 58.3 Å². The molecule has 0 aromatic heterocycles. The molecule has 8 nitrogen and oxygen atoms in total. The maximum Gasteiger partial charge on any atom is 0.410 e. The highest BCUT2D eigenvalue weighted by Gasteiger charge is 2.37. The van der Waals surface area contributed by atoms with Gasteiger partial charge in [-0.2, -0.15) is 0 Å². The number of nitrogens with zero attached hydrogens (tertiary/aromatic N) is 1. The van der Waals surface area contributed by atoms with Gasteiger partial charge in [-0.1, -0.05) is 36.5 Å². The van der Waals surface area contributed by atoms with Gasteiger partial charge in [0.15, 0.2) is 6.61 Å². The zero-order valence-electron chi connectivity index (χ0n) is 19.8. The number of anilines is 1. The fraction of sp³-hybridized carbons (Fsp3) is 0.400. The number of hydrogen-bond acceptors (Lipinski definition) is 5. The molecular formula is C25H28Cl2FN3O5. The zero-order valence-corrected chi connectivity index (χ0v) is 21.3. The maximum atomic E-state index is 13.6. The van der Waals surface area contributed by atoms with Gasteiger partial charge in [0.25, 0.3) is 5.91 Å². The van der Waals surface area contributed by atoms with Crippen molar-refractivity contribution >= 4 is 46.8 Å². The van der Waals surface area contributed by atoms with E-state index in [4.69, 9.17) is 32.7 Å². The van der Waals surface area contributed by atoms with Crippen molar-refractivity contribution in [2.24, 2.45) is 0 Å². The molecule has 3 amide bonds. The first-order valence-corrected chi connectivity index (χ1v) is 12.4. The van der Waals surface area contributed by atoms with Crippen LogP contribution in [0.25, 0.3) is 0 Å². The first-order chi connectivity index (χ1) is 17.3. The third kappa shape index (κ3) is 7.99. The first kappa shape index (κ1) is 27.5. The minimum absolute atomic E-state index is 0.0467. The number of carbonyl (C=O) groups excluding carboxylic acids is 3. The summed E-state index contributed by atoms with van der Waals surface area (Å²) in [5.74, 6) is -1.29. The number of ether oxygens (including phenoxy) is 2. The molecule has 0 radical (unpaired) electrons. The van der Waals surface area contributed by atoms with Crippen molar-refractivity contribution in [1.82, 2.24) is 10.2 Å². The molecule has 36 heavy (non-hydrogen) atoms. The number of halogens is 3. The van der Waals surface area contributed by atoms with Crippen molar-refractivity contribution in [2.45, 2.75) is 44.7 Å². The number of hydrogen-bond donors (Lipinski definition) is 2. The van der Waals surface area contributed by atoms with Gasteiger partial charge in [0, 0.05) is 29.4 Å². The fourth-order valence-corrected chi connectivity index (χ4v) is 3.94. The topological polar surface area (TPSA) is 97.0 Å². The summed E-state index contributed by atoms with van der Waals surface area (Å²) >= 11 is 11.6. The summed E-state index contributed by atoms with van der Waals surface area (Å²) in [6.45, 7) is 1.95. The van der Waals surface area contributed by atoms with Crippen LogP contribution in [0.1, 0.15) is 32.6 Å². The summed E-state index contributed by atoms with van der Waals surface area (Å²) in [6, 6.07) is 9.35. The van der Waals surface area contributed by atoms with Crippen molar-refractivity contribution < 1.29 is 28.2 Å². The second-order valence-corrected chi connectivity index (χ2v) is 9.18. The lowest BCUT2D eigenvalue weighted by Crippen LogP contribution is -2.57. The third-order valence-electron chi connectivity index (χ3n) is 5.58. The van der Waals surface area contributed by atoms with E-state index >= 15 is 0 Å². The van der Waals surface area contributed by atoms with Gasteiger partial charge in [-0.3, -0.25) is 14.5 Å². The van der Waals surface area contributed by atoms with Crippen LogP contribution in [-0.2, 0) is 14.3 Å². The van der Waals surface area contributed by atoms with Gasteiger partial charge in [-0.05, 0) is 55.7 Å². The quantitative estimate of drug-likeness (QED) is 0.435. The number of likely N-dealkylation sites (tertiary alicyclic amines) is 1. The van der Waals surface area contributed by atoms with Gasteiger partial charge in [0.2, 0.25) is 5.91 Å². The predicted octanol–water partition coefficient (Wildman–Crippen LogP) is 5.04. The summed E-state index contributed by atoms with van der Waals surface area (Å²) in [4.78, 5) is 39.6. The molecule has 2 N–H and O–H groups in total. The average molecular weight is 540 g/mol. The molecular weight excluding hydrogens is 512 g/mol. The van der Waals surface area contributed by atoms with Crippen molar-refractivity contribution in [3.8, 4) is 5.75 Å². The van der Waals surface area contributed by atoms with E-state index in [1.54, 1.807) is 24.3 Å². The third-order valence-corrected chi connectivity index (χ3v) is 6.14. The monoisotopic (exact) mass is 539 g/mol. The van der Waals surface area contributed by atoms with Crippen LogP contribution in [0.2, 0.25) is 10.0 Å². The van der Waals surface area contributed by atoms with E-state index in [0.717, 1.165) is 12.5 Å². The second kappa shape index (κ2) is 13.3. The Bertz CT molecular complexity index is 1070. The molecule has 1 fully saturated rings. The molecule has 1 aliphatic rings. The van der Waals surface area contributed by atoms with E-state index in [1.165, 1.54) is 17.0 Å². The average Bonchev–Trinajstić information content (AvgIpc) is 2.86. The van der Waals surface area contributed by atoms with E-state index < -0.39 is 29.9 Å². The lowest BCUT2D eigenvalue weighted by Gasteiger charge is -2.38. The SMILES string of the molecule is CCCCOC(=O)N1C[C@@H](NC(=O)COc2ccc(Cl)c(F)c2)CC[C@@H]1C(=O)Nc1ccc(Cl)cc1. The van der Waals surface area contributed by atoms with Crippen molar-refractivity contribution in [1.29, 1.82) is 0 Å². The molecule has 0 bridgehead atoms. The second-order valence-electron chi connectivity index (χ2n) is 8.34. The van der Waals surface area contributed by atoms with E-state index in [0.29, 0.717) is 30.0 Å². The fourth-order valence-electron chi connectivity index (χ4n) is 3.69. The van der Waals surface area contributed by atoms with Crippen LogP contribution in [0.15, 0.2) is 42.5 Å². The maximum absolute atomic E-state index is 13.6. The smallest absolute Gasteiger partial charge is 0.410 e. The number of rotatable bonds is 9. The number of carbonyl (C=O) groups is 3. The van der Waals surface area contributed by atoms with Crippen molar-refractivity contribution in [3.63, 3.8) is 0 Å². The Morgan fingerprint density at radius 3 is 2.56 bits per heavy atom. The summed E-state index contributed by atoms with van der Waals surface area (Å²) in [5.41, 5.74) is 0.551. The molecule has 2 aromatic carbocycles. The summed E-state index contributed by atoms with van der Waals surface area (Å²) in [5, 5.41) is 6.09. The molecule has 2 aromatic rings. The minimum Gasteiger partial charge on any atom is -0.484 e. The van der Waals surface area contributed by atoms with Crippen LogP contribution in [0.5, 0.6) is 5.75 Å². The Labute approximate surface area is 219 Å². The molecule has 0 aliphatic carbocycles. The van der Waals surface area contributed by atoms with E-state index in [-0.39, 0.29) is 36.4 Å². The van der Waals surface area contributed by atoms with Gasteiger partial charge >= 0.3 is 6.09 Å². The van der Waals surface area contributed by atoms with Gasteiger partial charge in [-0.25, -0.2) is 9.18 Å². The minimum atomic E-state index is -0.767.